The Morgan fingerprint density at radius 1 is 0.791 bits per heavy atom. The Balaban J connectivity index is 5.04. The number of sulfonamides is 1. The molecular formula is C26H42N3O13S-. The van der Waals surface area contributed by atoms with Crippen molar-refractivity contribution in [3.63, 3.8) is 0 Å². The summed E-state index contributed by atoms with van der Waals surface area (Å²) in [5.41, 5.74) is -1.79. The van der Waals surface area contributed by atoms with Crippen molar-refractivity contribution in [2.75, 3.05) is 71.7 Å². The number of esters is 2. The van der Waals surface area contributed by atoms with E-state index in [0.717, 1.165) is 12.2 Å². The molecule has 0 fully saturated rings. The highest BCUT2D eigenvalue weighted by Crippen LogP contribution is 2.25. The minimum Gasteiger partial charge on any atom is -0.861 e. The molecule has 0 spiro atoms. The van der Waals surface area contributed by atoms with E-state index in [9.17, 15) is 32.7 Å². The van der Waals surface area contributed by atoms with E-state index in [4.69, 9.17) is 28.4 Å². The standard InChI is InChI=1S/C26H43N3O13S/c1-5-9-18-43(35,36)29-23(32)26(8-4,19-41-24(33)27-10-12-37-14-16-39-21(30)6-2)20-42-25(34)28-11-13-38-15-17-40-22(31)7-3/h6-7H,2-3,5,8-20H2,1,4H3,(H,27,33)(H,28,34)(H,29,32)/p-1. The number of ether oxygens (including phenoxy) is 6. The fourth-order valence-corrected chi connectivity index (χ4v) is 3.99. The lowest BCUT2D eigenvalue weighted by atomic mass is 9.86. The minimum absolute atomic E-state index is 0.00504. The Morgan fingerprint density at radius 2 is 1.26 bits per heavy atom. The zero-order valence-corrected chi connectivity index (χ0v) is 25.4. The summed E-state index contributed by atoms with van der Waals surface area (Å²) < 4.78 is 58.2. The number of hydrogen-bond acceptors (Lipinski definition) is 13. The number of carbonyl (C=O) groups excluding carboxylic acids is 4. The zero-order chi connectivity index (χ0) is 32.6. The van der Waals surface area contributed by atoms with Gasteiger partial charge in [-0.3, -0.25) is 0 Å². The molecule has 0 bridgehead atoms. The van der Waals surface area contributed by atoms with Gasteiger partial charge in [-0.2, -0.15) is 4.40 Å². The molecular weight excluding hydrogens is 594 g/mol. The maximum Gasteiger partial charge on any atom is 0.407 e. The second kappa shape index (κ2) is 22.8. The van der Waals surface area contributed by atoms with Gasteiger partial charge in [-0.25, -0.2) is 27.6 Å². The summed E-state index contributed by atoms with van der Waals surface area (Å²) >= 11 is 0. The molecule has 0 aromatic carbocycles. The molecule has 0 rings (SSSR count). The van der Waals surface area contributed by atoms with Gasteiger partial charge in [0.05, 0.1) is 37.6 Å². The fraction of sp³-hybridized carbons (Fsp3) is 0.654. The largest absolute Gasteiger partial charge is 0.861 e. The van der Waals surface area contributed by atoms with Crippen molar-refractivity contribution >= 4 is 40.0 Å². The molecule has 17 heteroatoms. The first-order valence-electron chi connectivity index (χ1n) is 13.5. The first kappa shape index (κ1) is 39.3. The van der Waals surface area contributed by atoms with Gasteiger partial charge in [0.1, 0.15) is 26.4 Å². The zero-order valence-electron chi connectivity index (χ0n) is 24.6. The monoisotopic (exact) mass is 636 g/mol. The lowest BCUT2D eigenvalue weighted by molar-refractivity contribution is -0.235. The second-order valence-corrected chi connectivity index (χ2v) is 10.4. The van der Waals surface area contributed by atoms with Crippen LogP contribution in [0.1, 0.15) is 33.1 Å². The molecule has 43 heavy (non-hydrogen) atoms. The predicted octanol–water partition coefficient (Wildman–Crippen LogP) is 0.216. The number of carbonyl (C=O) groups is 4. The Kier molecular flexibility index (Phi) is 20.9. The molecule has 0 aromatic rings. The topological polar surface area (TPSA) is 217 Å². The third kappa shape index (κ3) is 19.2. The molecule has 0 aromatic heterocycles. The number of amides is 2. The molecule has 0 radical (unpaired) electrons. The van der Waals surface area contributed by atoms with E-state index >= 15 is 0 Å². The third-order valence-corrected chi connectivity index (χ3v) is 6.62. The van der Waals surface area contributed by atoms with Gasteiger partial charge in [-0.15, -0.1) is 0 Å². The fourth-order valence-electron chi connectivity index (χ4n) is 2.80. The van der Waals surface area contributed by atoms with Gasteiger partial charge in [-0.1, -0.05) is 33.4 Å². The van der Waals surface area contributed by atoms with Gasteiger partial charge in [0, 0.05) is 25.2 Å². The second-order valence-electron chi connectivity index (χ2n) is 8.64. The van der Waals surface area contributed by atoms with Crippen LogP contribution < -0.4 is 15.7 Å². The number of alkyl carbamates (subject to hydrolysis) is 2. The molecule has 0 aliphatic rings. The summed E-state index contributed by atoms with van der Waals surface area (Å²) in [7, 11) is -4.12. The summed E-state index contributed by atoms with van der Waals surface area (Å²) in [4.78, 5) is 46.3. The van der Waals surface area contributed by atoms with Crippen molar-refractivity contribution in [3.8, 4) is 0 Å². The highest BCUT2D eigenvalue weighted by Gasteiger charge is 2.34. The molecule has 0 aliphatic heterocycles. The molecule has 246 valence electrons. The molecule has 0 saturated heterocycles. The quantitative estimate of drug-likeness (QED) is 0.0362. The van der Waals surface area contributed by atoms with Crippen LogP contribution in [0.2, 0.25) is 0 Å². The Bertz CT molecular complexity index is 981. The third-order valence-electron chi connectivity index (χ3n) is 5.38. The van der Waals surface area contributed by atoms with Crippen molar-refractivity contribution in [2.45, 2.75) is 33.1 Å². The van der Waals surface area contributed by atoms with Gasteiger partial charge >= 0.3 is 24.1 Å². The van der Waals surface area contributed by atoms with Crippen LogP contribution in [0, 0.1) is 5.41 Å². The maximum absolute atomic E-state index is 13.1. The first-order chi connectivity index (χ1) is 20.4. The van der Waals surface area contributed by atoms with Crippen LogP contribution in [-0.4, -0.2) is 110 Å². The molecule has 2 N–H and O–H groups in total. The Labute approximate surface area is 251 Å². The molecule has 0 atom stereocenters. The van der Waals surface area contributed by atoms with Crippen molar-refractivity contribution in [3.05, 3.63) is 25.3 Å². The van der Waals surface area contributed by atoms with Gasteiger partial charge in [0.15, 0.2) is 0 Å². The van der Waals surface area contributed by atoms with E-state index in [1.54, 1.807) is 6.92 Å². The average Bonchev–Trinajstić information content (AvgIpc) is 2.98. The van der Waals surface area contributed by atoms with Crippen LogP contribution in [0.25, 0.3) is 0 Å². The van der Waals surface area contributed by atoms with Crippen molar-refractivity contribution < 1.29 is 61.1 Å². The normalized spacial score (nSPS) is 11.6. The van der Waals surface area contributed by atoms with E-state index < -0.39 is 58.7 Å². The molecule has 0 saturated carbocycles. The van der Waals surface area contributed by atoms with Crippen LogP contribution in [-0.2, 0) is 48.0 Å². The van der Waals surface area contributed by atoms with E-state index in [-0.39, 0.29) is 71.3 Å². The summed E-state index contributed by atoms with van der Waals surface area (Å²) in [6, 6.07) is 0. The predicted molar refractivity (Wildman–Crippen MR) is 152 cm³/mol. The van der Waals surface area contributed by atoms with Crippen LogP contribution in [0.5, 0.6) is 0 Å². The number of nitrogens with zero attached hydrogens (tertiary/aromatic N) is 1. The number of hydrogen-bond donors (Lipinski definition) is 2. The van der Waals surface area contributed by atoms with Crippen LogP contribution in [0.3, 0.4) is 0 Å². The molecule has 0 unspecified atom stereocenters. The number of nitrogens with one attached hydrogen (secondary N) is 2. The molecule has 2 amide bonds. The maximum atomic E-state index is 13.1. The van der Waals surface area contributed by atoms with E-state index in [1.165, 1.54) is 6.92 Å². The summed E-state index contributed by atoms with van der Waals surface area (Å²) in [5, 5.41) is 17.9. The smallest absolute Gasteiger partial charge is 0.407 e. The molecule has 0 heterocycles. The van der Waals surface area contributed by atoms with Crippen LogP contribution in [0.15, 0.2) is 29.7 Å². The Hall–Kier alpha value is -3.70. The van der Waals surface area contributed by atoms with Crippen molar-refractivity contribution in [1.29, 1.82) is 0 Å². The summed E-state index contributed by atoms with van der Waals surface area (Å²) in [5.74, 6) is -2.67. The lowest BCUT2D eigenvalue weighted by Crippen LogP contribution is -2.49. The van der Waals surface area contributed by atoms with Gasteiger partial charge < -0.3 is 44.2 Å². The van der Waals surface area contributed by atoms with Crippen LogP contribution in [0.4, 0.5) is 9.59 Å². The molecule has 16 nitrogen and oxygen atoms in total. The van der Waals surface area contributed by atoms with Gasteiger partial charge in [0.25, 0.3) is 10.0 Å². The van der Waals surface area contributed by atoms with E-state index in [1.807, 2.05) is 0 Å². The number of unbranched alkanes of at least 4 members (excludes halogenated alkanes) is 1. The van der Waals surface area contributed by atoms with Crippen molar-refractivity contribution in [1.82, 2.24) is 10.6 Å². The van der Waals surface area contributed by atoms with Gasteiger partial charge in [-0.05, 0) is 18.7 Å². The molecule has 0 aliphatic carbocycles. The van der Waals surface area contributed by atoms with Crippen molar-refractivity contribution in [2.24, 2.45) is 9.81 Å². The first-order valence-corrected chi connectivity index (χ1v) is 15.1. The highest BCUT2D eigenvalue weighted by molar-refractivity contribution is 7.90. The highest BCUT2D eigenvalue weighted by atomic mass is 32.2. The van der Waals surface area contributed by atoms with E-state index in [0.29, 0.717) is 6.42 Å². The Morgan fingerprint density at radius 3 is 1.65 bits per heavy atom. The number of rotatable bonds is 24. The average molecular weight is 637 g/mol. The van der Waals surface area contributed by atoms with E-state index in [2.05, 4.69) is 28.2 Å². The SMILES string of the molecule is C=CC(=O)OCCOCCNC(=O)OCC(CC)(COC(=O)NCCOCCOC(=O)C=C)/C([O-])=N/S(=O)(=O)CCCC. The van der Waals surface area contributed by atoms with Crippen LogP contribution >= 0.6 is 0 Å². The minimum atomic E-state index is -4.12. The lowest BCUT2D eigenvalue weighted by Gasteiger charge is -2.35. The van der Waals surface area contributed by atoms with Gasteiger partial charge in [0.2, 0.25) is 0 Å². The summed E-state index contributed by atoms with van der Waals surface area (Å²) in [6.07, 6.45) is 0.891. The summed E-state index contributed by atoms with van der Waals surface area (Å²) in [6.45, 7) is 8.80.